The van der Waals surface area contributed by atoms with Gasteiger partial charge in [-0.2, -0.15) is 4.31 Å². The normalized spacial score (nSPS) is 15.3. The summed E-state index contributed by atoms with van der Waals surface area (Å²) in [6, 6.07) is 10.9. The number of amides is 1. The van der Waals surface area contributed by atoms with E-state index in [9.17, 15) is 17.6 Å². The van der Waals surface area contributed by atoms with Crippen LogP contribution < -0.4 is 5.32 Å². The molecule has 31 heavy (non-hydrogen) atoms. The summed E-state index contributed by atoms with van der Waals surface area (Å²) in [7, 11) is -2.13. The molecule has 4 rings (SSSR count). The van der Waals surface area contributed by atoms with Crippen LogP contribution in [0.15, 0.2) is 47.4 Å². The predicted molar refractivity (Wildman–Crippen MR) is 120 cm³/mol. The number of ether oxygens (including phenoxy) is 1. The number of piperidine rings is 1. The SMILES string of the molecule is COCc1c(C(=O)Nc2cccc(S(=O)(=O)N3CCCCC3)c2)sc2cccc(F)c12. The second kappa shape index (κ2) is 9.04. The lowest BCUT2D eigenvalue weighted by molar-refractivity contribution is 0.102. The number of hydrogen-bond acceptors (Lipinski definition) is 5. The Labute approximate surface area is 184 Å². The highest BCUT2D eigenvalue weighted by molar-refractivity contribution is 7.89. The van der Waals surface area contributed by atoms with Gasteiger partial charge in [-0.1, -0.05) is 18.6 Å². The highest BCUT2D eigenvalue weighted by Gasteiger charge is 2.26. The van der Waals surface area contributed by atoms with Gasteiger partial charge in [0.1, 0.15) is 5.82 Å². The number of benzene rings is 2. The van der Waals surface area contributed by atoms with Crippen LogP contribution in [0.25, 0.3) is 10.1 Å². The van der Waals surface area contributed by atoms with Crippen molar-refractivity contribution in [1.82, 2.24) is 4.31 Å². The predicted octanol–water partition coefficient (Wildman–Crippen LogP) is 4.61. The molecule has 0 bridgehead atoms. The van der Waals surface area contributed by atoms with E-state index in [0.717, 1.165) is 19.3 Å². The average Bonchev–Trinajstić information content (AvgIpc) is 3.15. The number of methoxy groups -OCH3 is 1. The lowest BCUT2D eigenvalue weighted by Crippen LogP contribution is -2.35. The second-order valence-electron chi connectivity index (χ2n) is 7.40. The molecule has 0 radical (unpaired) electrons. The Hall–Kier alpha value is -2.33. The van der Waals surface area contributed by atoms with Gasteiger partial charge in [-0.05, 0) is 43.2 Å². The van der Waals surface area contributed by atoms with Crippen molar-refractivity contribution >= 4 is 43.0 Å². The number of sulfonamides is 1. The van der Waals surface area contributed by atoms with E-state index >= 15 is 0 Å². The van der Waals surface area contributed by atoms with Crippen LogP contribution in [-0.2, 0) is 21.4 Å². The third-order valence-electron chi connectivity index (χ3n) is 5.30. The van der Waals surface area contributed by atoms with E-state index in [1.54, 1.807) is 24.3 Å². The van der Waals surface area contributed by atoms with Gasteiger partial charge < -0.3 is 10.1 Å². The average molecular weight is 463 g/mol. The first-order valence-corrected chi connectivity index (χ1v) is 12.3. The molecule has 1 N–H and O–H groups in total. The Bertz CT molecular complexity index is 1220. The number of anilines is 1. The topological polar surface area (TPSA) is 75.7 Å². The summed E-state index contributed by atoms with van der Waals surface area (Å²) in [5.41, 5.74) is 0.847. The standard InChI is InChI=1S/C22H23FN2O4S2/c1-29-14-17-20-18(23)9-6-10-19(20)30-21(17)22(26)24-15-7-5-8-16(13-15)31(27,28)25-11-3-2-4-12-25/h5-10,13H,2-4,11-12,14H2,1H3,(H,24,26). The quantitative estimate of drug-likeness (QED) is 0.580. The van der Waals surface area contributed by atoms with Crippen LogP contribution in [0.4, 0.5) is 10.1 Å². The van der Waals surface area contributed by atoms with Gasteiger partial charge in [-0.3, -0.25) is 4.79 Å². The number of rotatable bonds is 6. The van der Waals surface area contributed by atoms with Crippen LogP contribution >= 0.6 is 11.3 Å². The van der Waals surface area contributed by atoms with Crippen LogP contribution in [0.2, 0.25) is 0 Å². The van der Waals surface area contributed by atoms with E-state index in [1.807, 2.05) is 0 Å². The Morgan fingerprint density at radius 3 is 2.65 bits per heavy atom. The highest BCUT2D eigenvalue weighted by Crippen LogP contribution is 2.34. The number of carbonyl (C=O) groups is 1. The molecule has 1 amide bonds. The molecule has 9 heteroatoms. The minimum atomic E-state index is -3.61. The van der Waals surface area contributed by atoms with Gasteiger partial charge in [0.25, 0.3) is 5.91 Å². The van der Waals surface area contributed by atoms with E-state index in [2.05, 4.69) is 5.32 Å². The molecule has 0 unspecified atom stereocenters. The molecule has 1 saturated heterocycles. The fourth-order valence-corrected chi connectivity index (χ4v) is 6.49. The molecule has 2 heterocycles. The maximum Gasteiger partial charge on any atom is 0.266 e. The number of hydrogen-bond donors (Lipinski definition) is 1. The van der Waals surface area contributed by atoms with Crippen molar-refractivity contribution in [2.75, 3.05) is 25.5 Å². The maximum atomic E-state index is 14.4. The monoisotopic (exact) mass is 462 g/mol. The van der Waals surface area contributed by atoms with Gasteiger partial charge >= 0.3 is 0 Å². The number of fused-ring (bicyclic) bond motifs is 1. The molecule has 1 aliphatic heterocycles. The zero-order valence-electron chi connectivity index (χ0n) is 17.1. The van der Waals surface area contributed by atoms with Crippen molar-refractivity contribution in [2.45, 2.75) is 30.8 Å². The number of thiophene rings is 1. The number of halogens is 1. The molecule has 0 spiro atoms. The van der Waals surface area contributed by atoms with Crippen LogP contribution in [0, 0.1) is 5.82 Å². The number of carbonyl (C=O) groups excluding carboxylic acids is 1. The molecule has 6 nitrogen and oxygen atoms in total. The largest absolute Gasteiger partial charge is 0.380 e. The van der Waals surface area contributed by atoms with Gasteiger partial charge in [0.2, 0.25) is 10.0 Å². The van der Waals surface area contributed by atoms with Gasteiger partial charge in [0.05, 0.1) is 16.4 Å². The molecule has 0 aliphatic carbocycles. The minimum Gasteiger partial charge on any atom is -0.380 e. The molecule has 3 aromatic rings. The van der Waals surface area contributed by atoms with Gasteiger partial charge in [0.15, 0.2) is 0 Å². The summed E-state index contributed by atoms with van der Waals surface area (Å²) in [6.07, 6.45) is 2.72. The minimum absolute atomic E-state index is 0.0903. The zero-order chi connectivity index (χ0) is 22.0. The maximum absolute atomic E-state index is 14.4. The lowest BCUT2D eigenvalue weighted by Gasteiger charge is -2.26. The number of nitrogens with zero attached hydrogens (tertiary/aromatic N) is 1. The highest BCUT2D eigenvalue weighted by atomic mass is 32.2. The smallest absolute Gasteiger partial charge is 0.266 e. The summed E-state index contributed by atoms with van der Waals surface area (Å²) in [4.78, 5) is 13.5. The van der Waals surface area contributed by atoms with E-state index in [-0.39, 0.29) is 11.5 Å². The summed E-state index contributed by atoms with van der Waals surface area (Å²) < 4.78 is 47.6. The fraction of sp³-hybridized carbons (Fsp3) is 0.318. The number of nitrogens with one attached hydrogen (secondary N) is 1. The Morgan fingerprint density at radius 1 is 1.16 bits per heavy atom. The van der Waals surface area contributed by atoms with Crippen molar-refractivity contribution in [3.8, 4) is 0 Å². The Morgan fingerprint density at radius 2 is 1.90 bits per heavy atom. The molecule has 0 saturated carbocycles. The first-order chi connectivity index (χ1) is 14.9. The molecule has 2 aromatic carbocycles. The zero-order valence-corrected chi connectivity index (χ0v) is 18.7. The van der Waals surface area contributed by atoms with Crippen LogP contribution in [0.1, 0.15) is 34.5 Å². The third-order valence-corrected chi connectivity index (χ3v) is 8.39. The van der Waals surface area contributed by atoms with E-state index in [0.29, 0.717) is 39.3 Å². The first kappa shape index (κ1) is 21.9. The molecule has 1 fully saturated rings. The van der Waals surface area contributed by atoms with Crippen molar-refractivity contribution < 1.29 is 22.3 Å². The molecular formula is C22H23FN2O4S2. The Balaban J connectivity index is 1.63. The van der Waals surface area contributed by atoms with Crippen molar-refractivity contribution in [3.05, 3.63) is 58.7 Å². The summed E-state index contributed by atoms with van der Waals surface area (Å²) in [5, 5.41) is 3.14. The molecule has 0 atom stereocenters. The lowest BCUT2D eigenvalue weighted by atomic mass is 10.1. The van der Waals surface area contributed by atoms with E-state index in [4.69, 9.17) is 4.74 Å². The fourth-order valence-electron chi connectivity index (χ4n) is 3.81. The van der Waals surface area contributed by atoms with Crippen molar-refractivity contribution in [3.63, 3.8) is 0 Å². The molecule has 1 aliphatic rings. The van der Waals surface area contributed by atoms with Gasteiger partial charge in [0, 0.05) is 41.5 Å². The van der Waals surface area contributed by atoms with Gasteiger partial charge in [-0.15, -0.1) is 11.3 Å². The molecular weight excluding hydrogens is 439 g/mol. The third kappa shape index (κ3) is 4.36. The van der Waals surface area contributed by atoms with Gasteiger partial charge in [-0.25, -0.2) is 12.8 Å². The molecule has 164 valence electrons. The molecule has 1 aromatic heterocycles. The van der Waals surface area contributed by atoms with Crippen LogP contribution in [0.3, 0.4) is 0 Å². The second-order valence-corrected chi connectivity index (χ2v) is 10.4. The van der Waals surface area contributed by atoms with Crippen molar-refractivity contribution in [2.24, 2.45) is 0 Å². The van der Waals surface area contributed by atoms with Crippen LogP contribution in [-0.4, -0.2) is 38.8 Å². The summed E-state index contributed by atoms with van der Waals surface area (Å²) in [5.74, 6) is -0.838. The van der Waals surface area contributed by atoms with E-state index < -0.39 is 21.7 Å². The summed E-state index contributed by atoms with van der Waals surface area (Å²) in [6.45, 7) is 1.10. The first-order valence-electron chi connectivity index (χ1n) is 10.0. The van der Waals surface area contributed by atoms with Crippen molar-refractivity contribution in [1.29, 1.82) is 0 Å². The van der Waals surface area contributed by atoms with Crippen LogP contribution in [0.5, 0.6) is 0 Å². The Kier molecular flexibility index (Phi) is 6.38. The summed E-state index contributed by atoms with van der Waals surface area (Å²) >= 11 is 1.18. The van der Waals surface area contributed by atoms with E-state index in [1.165, 1.54) is 41.0 Å².